The molecule has 3 aromatic rings. The Hall–Kier alpha value is -3.14. The second-order valence-corrected chi connectivity index (χ2v) is 9.20. The van der Waals surface area contributed by atoms with Gasteiger partial charge in [0.05, 0.1) is 30.0 Å². The van der Waals surface area contributed by atoms with Crippen LogP contribution in [0, 0.1) is 0 Å². The molecule has 2 aromatic heterocycles. The van der Waals surface area contributed by atoms with E-state index in [1.807, 2.05) is 13.0 Å². The molecule has 1 atom stereocenters. The highest BCUT2D eigenvalue weighted by Gasteiger charge is 2.25. The lowest BCUT2D eigenvalue weighted by molar-refractivity contribution is 0.0244. The van der Waals surface area contributed by atoms with Crippen LogP contribution in [0.2, 0.25) is 0 Å². The van der Waals surface area contributed by atoms with Crippen molar-refractivity contribution in [2.24, 2.45) is 0 Å². The number of carbonyl (C=O) groups is 2. The number of hydrogen-bond donors (Lipinski definition) is 2. The molecule has 2 N–H and O–H groups in total. The summed E-state index contributed by atoms with van der Waals surface area (Å²) in [4.78, 5) is 34.7. The van der Waals surface area contributed by atoms with E-state index in [4.69, 9.17) is 9.47 Å². The summed E-state index contributed by atoms with van der Waals surface area (Å²) < 4.78 is 11.3. The Morgan fingerprint density at radius 2 is 2.03 bits per heavy atom. The third kappa shape index (κ3) is 4.79. The molecule has 1 aromatic carbocycles. The van der Waals surface area contributed by atoms with Crippen LogP contribution in [0.15, 0.2) is 18.3 Å². The molecule has 0 fully saturated rings. The fourth-order valence-corrected chi connectivity index (χ4v) is 3.99. The number of carboxylic acids is 1. The van der Waals surface area contributed by atoms with Crippen molar-refractivity contribution in [1.29, 1.82) is 0 Å². The van der Waals surface area contributed by atoms with Gasteiger partial charge in [-0.15, -0.1) is 11.3 Å². The zero-order valence-electron chi connectivity index (χ0n) is 18.3. The van der Waals surface area contributed by atoms with Gasteiger partial charge in [0.25, 0.3) is 0 Å². The molecule has 0 radical (unpaired) electrons. The van der Waals surface area contributed by atoms with Crippen LogP contribution in [0.4, 0.5) is 10.5 Å². The number of carbonyl (C=O) groups excluding carboxylic acids is 1. The summed E-state index contributed by atoms with van der Waals surface area (Å²) in [5.74, 6) is -0.658. The monoisotopic (exact) mass is 446 g/mol. The second-order valence-electron chi connectivity index (χ2n) is 8.15. The van der Waals surface area contributed by atoms with Gasteiger partial charge in [-0.3, -0.25) is 0 Å². The van der Waals surface area contributed by atoms with Gasteiger partial charge in [0, 0.05) is 29.7 Å². The third-order valence-electron chi connectivity index (χ3n) is 4.66. The average Bonchev–Trinajstić information content (AvgIpc) is 3.08. The van der Waals surface area contributed by atoms with Crippen LogP contribution in [-0.4, -0.2) is 64.4 Å². The number of thiophene rings is 1. The van der Waals surface area contributed by atoms with Gasteiger partial charge in [-0.25, -0.2) is 19.6 Å². The molecule has 31 heavy (non-hydrogen) atoms. The summed E-state index contributed by atoms with van der Waals surface area (Å²) in [5.41, 5.74) is 1.04. The minimum atomic E-state index is -1.04. The van der Waals surface area contributed by atoms with Crippen LogP contribution in [0.1, 0.15) is 37.4 Å². The van der Waals surface area contributed by atoms with Crippen LogP contribution in [0.25, 0.3) is 21.1 Å². The van der Waals surface area contributed by atoms with Gasteiger partial charge in [-0.1, -0.05) is 0 Å². The standard InChI is InChI=1S/C21H26N4O5S/c1-11(25(5)20(28)30-21(2,3)4)9-22-17-15-13(31-18(17)19(26)27)8-7-12-16(15)23-10-14(24-12)29-6/h7-8,10-11,22H,9H2,1-6H3,(H,26,27). The predicted octanol–water partition coefficient (Wildman–Crippen LogP) is 4.22. The lowest BCUT2D eigenvalue weighted by Gasteiger charge is -2.29. The normalized spacial score (nSPS) is 12.6. The van der Waals surface area contributed by atoms with Crippen molar-refractivity contribution in [3.05, 3.63) is 23.2 Å². The van der Waals surface area contributed by atoms with E-state index in [0.29, 0.717) is 34.5 Å². The molecule has 9 nitrogen and oxygen atoms in total. The van der Waals surface area contributed by atoms with Gasteiger partial charge in [-0.2, -0.15) is 0 Å². The molecule has 0 aliphatic carbocycles. The largest absolute Gasteiger partial charge is 0.480 e. The number of benzene rings is 1. The maximum absolute atomic E-state index is 12.3. The summed E-state index contributed by atoms with van der Waals surface area (Å²) in [6.07, 6.45) is 1.06. The van der Waals surface area contributed by atoms with Gasteiger partial charge in [0.1, 0.15) is 10.5 Å². The van der Waals surface area contributed by atoms with Gasteiger partial charge >= 0.3 is 12.1 Å². The summed E-state index contributed by atoms with van der Waals surface area (Å²) in [6, 6.07) is 3.36. The fourth-order valence-electron chi connectivity index (χ4n) is 2.97. The summed E-state index contributed by atoms with van der Waals surface area (Å²) in [5, 5.41) is 13.6. The molecular formula is C21H26N4O5S. The third-order valence-corrected chi connectivity index (χ3v) is 5.81. The number of aromatic nitrogens is 2. The van der Waals surface area contributed by atoms with Crippen molar-refractivity contribution < 1.29 is 24.2 Å². The Balaban J connectivity index is 1.95. The summed E-state index contributed by atoms with van der Waals surface area (Å²) >= 11 is 1.16. The maximum atomic E-state index is 12.3. The van der Waals surface area contributed by atoms with Crippen LogP contribution in [0.3, 0.4) is 0 Å². The van der Waals surface area contributed by atoms with E-state index in [9.17, 15) is 14.7 Å². The number of rotatable bonds is 6. The van der Waals surface area contributed by atoms with Gasteiger partial charge in [0.15, 0.2) is 0 Å². The van der Waals surface area contributed by atoms with Crippen LogP contribution < -0.4 is 10.1 Å². The van der Waals surface area contributed by atoms with Crippen molar-refractivity contribution in [3.8, 4) is 5.88 Å². The van der Waals surface area contributed by atoms with E-state index >= 15 is 0 Å². The van der Waals surface area contributed by atoms with E-state index in [-0.39, 0.29) is 10.9 Å². The molecule has 10 heteroatoms. The van der Waals surface area contributed by atoms with Gasteiger partial charge in [-0.05, 0) is 39.8 Å². The Kier molecular flexibility index (Phi) is 6.21. The molecule has 3 rings (SSSR count). The Labute approximate surface area is 184 Å². The zero-order chi connectivity index (χ0) is 22.9. The molecule has 0 bridgehead atoms. The molecule has 1 amide bonds. The molecule has 0 saturated carbocycles. The topological polar surface area (TPSA) is 114 Å². The Bertz CT molecular complexity index is 1140. The Morgan fingerprint density at radius 1 is 1.32 bits per heavy atom. The SMILES string of the molecule is COc1cnc2c(ccc3sc(C(=O)O)c(NCC(C)N(C)C(=O)OC(C)(C)C)c32)n1. The first-order chi connectivity index (χ1) is 14.5. The second kappa shape index (κ2) is 8.54. The van der Waals surface area contributed by atoms with Crippen molar-refractivity contribution >= 4 is 50.2 Å². The first kappa shape index (κ1) is 22.5. The number of nitrogens with one attached hydrogen (secondary N) is 1. The lowest BCUT2D eigenvalue weighted by atomic mass is 10.1. The number of fused-ring (bicyclic) bond motifs is 3. The van der Waals surface area contributed by atoms with E-state index in [2.05, 4.69) is 15.3 Å². The molecular weight excluding hydrogens is 420 g/mol. The molecule has 1 unspecified atom stereocenters. The molecule has 0 spiro atoms. The van der Waals surface area contributed by atoms with Gasteiger partial charge in [0.2, 0.25) is 5.88 Å². The average molecular weight is 447 g/mol. The van der Waals surface area contributed by atoms with E-state index in [1.54, 1.807) is 33.9 Å². The van der Waals surface area contributed by atoms with Crippen molar-refractivity contribution in [1.82, 2.24) is 14.9 Å². The molecule has 0 saturated heterocycles. The lowest BCUT2D eigenvalue weighted by Crippen LogP contribution is -2.42. The summed E-state index contributed by atoms with van der Waals surface area (Å²) in [7, 11) is 3.16. The number of likely N-dealkylation sites (N-methyl/N-ethyl adjacent to an activating group) is 1. The van der Waals surface area contributed by atoms with E-state index < -0.39 is 17.7 Å². The highest BCUT2D eigenvalue weighted by Crippen LogP contribution is 2.39. The number of anilines is 1. The number of carboxylic acid groups (broad SMARTS) is 1. The zero-order valence-corrected chi connectivity index (χ0v) is 19.2. The predicted molar refractivity (Wildman–Crippen MR) is 120 cm³/mol. The minimum Gasteiger partial charge on any atom is -0.480 e. The number of hydrogen-bond acceptors (Lipinski definition) is 8. The van der Waals surface area contributed by atoms with Crippen molar-refractivity contribution in [2.75, 3.05) is 26.0 Å². The number of methoxy groups -OCH3 is 1. The van der Waals surface area contributed by atoms with E-state index in [1.165, 1.54) is 18.2 Å². The quantitative estimate of drug-likeness (QED) is 0.579. The van der Waals surface area contributed by atoms with Crippen LogP contribution in [-0.2, 0) is 4.74 Å². The molecule has 2 heterocycles. The summed E-state index contributed by atoms with van der Waals surface area (Å²) in [6.45, 7) is 7.59. The molecule has 166 valence electrons. The maximum Gasteiger partial charge on any atom is 0.410 e. The number of aromatic carboxylic acids is 1. The van der Waals surface area contributed by atoms with Crippen LogP contribution in [0.5, 0.6) is 5.88 Å². The van der Waals surface area contributed by atoms with Gasteiger partial charge < -0.3 is 24.8 Å². The highest BCUT2D eigenvalue weighted by molar-refractivity contribution is 7.21. The fraction of sp³-hybridized carbons (Fsp3) is 0.429. The number of ether oxygens (including phenoxy) is 2. The molecule has 0 aliphatic heterocycles. The minimum absolute atomic E-state index is 0.173. The van der Waals surface area contributed by atoms with E-state index in [0.717, 1.165) is 16.0 Å². The van der Waals surface area contributed by atoms with Crippen LogP contribution >= 0.6 is 11.3 Å². The van der Waals surface area contributed by atoms with Crippen molar-refractivity contribution in [3.63, 3.8) is 0 Å². The molecule has 0 aliphatic rings. The number of nitrogens with zero attached hydrogens (tertiary/aromatic N) is 3. The number of amides is 1. The first-order valence-corrected chi connectivity index (χ1v) is 10.5. The first-order valence-electron chi connectivity index (χ1n) is 9.71. The smallest absolute Gasteiger partial charge is 0.410 e. The van der Waals surface area contributed by atoms with Crippen molar-refractivity contribution in [2.45, 2.75) is 39.3 Å². The highest BCUT2D eigenvalue weighted by atomic mass is 32.1. The Morgan fingerprint density at radius 3 is 2.65 bits per heavy atom.